The maximum atomic E-state index is 13.0. The largest absolute Gasteiger partial charge is 0.491 e. The van der Waals surface area contributed by atoms with Crippen molar-refractivity contribution in [1.29, 1.82) is 0 Å². The number of aromatic nitrogens is 3. The molecule has 1 N–H and O–H groups in total. The van der Waals surface area contributed by atoms with Crippen LogP contribution in [0.4, 0.5) is 5.69 Å². The summed E-state index contributed by atoms with van der Waals surface area (Å²) in [6.45, 7) is 5.05. The van der Waals surface area contributed by atoms with Gasteiger partial charge >= 0.3 is 0 Å². The van der Waals surface area contributed by atoms with Gasteiger partial charge in [0.2, 0.25) is 11.8 Å². The zero-order chi connectivity index (χ0) is 26.2. The van der Waals surface area contributed by atoms with Gasteiger partial charge in [0.25, 0.3) is 5.56 Å². The van der Waals surface area contributed by atoms with Gasteiger partial charge in [0.1, 0.15) is 22.8 Å². The number of hydrogen-bond donors (Lipinski definition) is 1. The fourth-order valence-corrected chi connectivity index (χ4v) is 3.63. The zero-order valence-corrected chi connectivity index (χ0v) is 21.7. The number of carbonyl (C=O) groups excluding carboxylic acids is 2. The van der Waals surface area contributed by atoms with Crippen LogP contribution in [0, 0.1) is 5.92 Å². The first kappa shape index (κ1) is 26.7. The Morgan fingerprint density at radius 1 is 1.19 bits per heavy atom. The van der Waals surface area contributed by atoms with Crippen LogP contribution in [0.15, 0.2) is 53.5 Å². The minimum absolute atomic E-state index is 0.0933. The monoisotopic (exact) mass is 493 g/mol. The molecule has 0 aliphatic heterocycles. The summed E-state index contributed by atoms with van der Waals surface area (Å²) in [5, 5.41) is 2.71. The average molecular weight is 494 g/mol. The summed E-state index contributed by atoms with van der Waals surface area (Å²) in [5.74, 6) is 1.52. The van der Waals surface area contributed by atoms with Gasteiger partial charge in [0.15, 0.2) is 0 Å². The number of aryl methyl sites for hydroxylation is 1. The molecule has 2 aromatic heterocycles. The Bertz CT molecular complexity index is 1300. The molecule has 2 heterocycles. The molecule has 0 aliphatic rings. The molecule has 0 aliphatic carbocycles. The van der Waals surface area contributed by atoms with Gasteiger partial charge in [0, 0.05) is 33.8 Å². The highest BCUT2D eigenvalue weighted by Crippen LogP contribution is 2.26. The van der Waals surface area contributed by atoms with Crippen molar-refractivity contribution in [3.05, 3.63) is 64.9 Å². The molecule has 36 heavy (non-hydrogen) atoms. The van der Waals surface area contributed by atoms with E-state index in [0.29, 0.717) is 31.2 Å². The van der Waals surface area contributed by atoms with Gasteiger partial charge in [-0.2, -0.15) is 0 Å². The SMILES string of the molecule is CC(C)COc1cccc2nc(Cn3cccc(NC(=O)CCC/C=C/C(=O)N(C)C)c3=O)n(C)c12. The molecule has 3 rings (SSSR count). The summed E-state index contributed by atoms with van der Waals surface area (Å²) in [4.78, 5) is 43.1. The maximum absolute atomic E-state index is 13.0. The highest BCUT2D eigenvalue weighted by Gasteiger charge is 2.15. The van der Waals surface area contributed by atoms with Crippen LogP contribution in [0.1, 0.15) is 38.9 Å². The van der Waals surface area contributed by atoms with E-state index in [-0.39, 0.29) is 36.0 Å². The zero-order valence-electron chi connectivity index (χ0n) is 21.7. The molecule has 1 aromatic carbocycles. The number of benzene rings is 1. The van der Waals surface area contributed by atoms with Crippen LogP contribution in [0.5, 0.6) is 5.75 Å². The Morgan fingerprint density at radius 3 is 2.69 bits per heavy atom. The summed E-state index contributed by atoms with van der Waals surface area (Å²) < 4.78 is 9.45. The predicted octanol–water partition coefficient (Wildman–Crippen LogP) is 3.57. The van der Waals surface area contributed by atoms with E-state index < -0.39 is 0 Å². The Morgan fingerprint density at radius 2 is 1.97 bits per heavy atom. The third kappa shape index (κ3) is 6.84. The molecule has 2 amide bonds. The van der Waals surface area contributed by atoms with Crippen molar-refractivity contribution in [1.82, 2.24) is 19.0 Å². The predicted molar refractivity (Wildman–Crippen MR) is 141 cm³/mol. The van der Waals surface area contributed by atoms with Crippen LogP contribution in [-0.2, 0) is 23.2 Å². The van der Waals surface area contributed by atoms with Gasteiger partial charge in [-0.3, -0.25) is 14.4 Å². The second kappa shape index (κ2) is 12.2. The van der Waals surface area contributed by atoms with Crippen LogP contribution in [0.3, 0.4) is 0 Å². The van der Waals surface area contributed by atoms with E-state index in [2.05, 4.69) is 19.2 Å². The molecule has 0 atom stereocenters. The molecule has 0 spiro atoms. The molecule has 3 aromatic rings. The van der Waals surface area contributed by atoms with E-state index in [9.17, 15) is 14.4 Å². The number of ether oxygens (including phenoxy) is 1. The first-order valence-corrected chi connectivity index (χ1v) is 12.1. The highest BCUT2D eigenvalue weighted by molar-refractivity contribution is 5.90. The standard InChI is InChI=1S/C27H35N5O4/c1-19(2)18-36-22-13-9-11-20-26(22)31(5)23(28-20)17-32-16-10-12-21(27(32)35)29-24(33)14-7-6-8-15-25(34)30(3)4/h8-13,15-16,19H,6-7,14,17-18H2,1-5H3,(H,29,33)/b15-8+. The van der Waals surface area contributed by atoms with E-state index in [1.54, 1.807) is 38.5 Å². The maximum Gasteiger partial charge on any atom is 0.274 e. The van der Waals surface area contributed by atoms with Crippen molar-refractivity contribution in [2.24, 2.45) is 13.0 Å². The van der Waals surface area contributed by atoms with Gasteiger partial charge in [-0.05, 0) is 49.1 Å². The number of pyridine rings is 1. The van der Waals surface area contributed by atoms with Crippen LogP contribution < -0.4 is 15.6 Å². The number of imidazole rings is 1. The lowest BCUT2D eigenvalue weighted by atomic mass is 10.2. The summed E-state index contributed by atoms with van der Waals surface area (Å²) >= 11 is 0. The second-order valence-corrected chi connectivity index (χ2v) is 9.35. The number of rotatable bonds is 11. The number of hydrogen-bond acceptors (Lipinski definition) is 5. The first-order valence-electron chi connectivity index (χ1n) is 12.1. The Hall–Kier alpha value is -3.88. The molecule has 9 nitrogen and oxygen atoms in total. The van der Waals surface area contributed by atoms with Gasteiger partial charge in [-0.25, -0.2) is 4.98 Å². The van der Waals surface area contributed by atoms with E-state index in [1.807, 2.05) is 29.8 Å². The van der Waals surface area contributed by atoms with Gasteiger partial charge in [0.05, 0.1) is 18.7 Å². The Kier molecular flexibility index (Phi) is 9.05. The number of fused-ring (bicyclic) bond motifs is 1. The van der Waals surface area contributed by atoms with Crippen molar-refractivity contribution >= 4 is 28.5 Å². The fraction of sp³-hybridized carbons (Fsp3) is 0.407. The molecule has 0 saturated carbocycles. The van der Waals surface area contributed by atoms with Crippen molar-refractivity contribution in [2.45, 2.75) is 39.7 Å². The molecule has 9 heteroatoms. The third-order valence-electron chi connectivity index (χ3n) is 5.60. The van der Waals surface area contributed by atoms with Crippen molar-refractivity contribution in [2.75, 3.05) is 26.0 Å². The van der Waals surface area contributed by atoms with Crippen LogP contribution >= 0.6 is 0 Å². The number of nitrogens with zero attached hydrogens (tertiary/aromatic N) is 4. The average Bonchev–Trinajstić information content (AvgIpc) is 3.15. The molecule has 0 unspecified atom stereocenters. The Labute approximate surface area is 211 Å². The number of allylic oxidation sites excluding steroid dienone is 1. The number of amides is 2. The molecule has 0 fully saturated rings. The number of carbonyl (C=O) groups is 2. The van der Waals surface area contributed by atoms with E-state index >= 15 is 0 Å². The summed E-state index contributed by atoms with van der Waals surface area (Å²) in [5.41, 5.74) is 1.60. The van der Waals surface area contributed by atoms with E-state index in [0.717, 1.165) is 16.8 Å². The second-order valence-electron chi connectivity index (χ2n) is 9.35. The lowest BCUT2D eigenvalue weighted by Gasteiger charge is -2.12. The number of anilines is 1. The number of unbranched alkanes of at least 4 members (excludes halogenated alkanes) is 1. The van der Waals surface area contributed by atoms with Crippen molar-refractivity contribution in [3.8, 4) is 5.75 Å². The highest BCUT2D eigenvalue weighted by atomic mass is 16.5. The van der Waals surface area contributed by atoms with Gasteiger partial charge < -0.3 is 24.1 Å². The van der Waals surface area contributed by atoms with Crippen molar-refractivity contribution in [3.63, 3.8) is 0 Å². The molecular formula is C27H35N5O4. The van der Waals surface area contributed by atoms with E-state index in [4.69, 9.17) is 9.72 Å². The Balaban J connectivity index is 1.68. The molecule has 192 valence electrons. The van der Waals surface area contributed by atoms with Crippen LogP contribution in [0.25, 0.3) is 11.0 Å². The molecule has 0 bridgehead atoms. The van der Waals surface area contributed by atoms with E-state index in [1.165, 1.54) is 15.5 Å². The van der Waals surface area contributed by atoms with Crippen LogP contribution in [-0.4, -0.2) is 51.5 Å². The fourth-order valence-electron chi connectivity index (χ4n) is 3.63. The third-order valence-corrected chi connectivity index (χ3v) is 5.60. The minimum atomic E-state index is -0.300. The van der Waals surface area contributed by atoms with Gasteiger partial charge in [-0.15, -0.1) is 0 Å². The molecule has 0 saturated heterocycles. The van der Waals surface area contributed by atoms with Gasteiger partial charge in [-0.1, -0.05) is 26.0 Å². The molecule has 0 radical (unpaired) electrons. The summed E-state index contributed by atoms with van der Waals surface area (Å²) in [6, 6.07) is 9.08. The summed E-state index contributed by atoms with van der Waals surface area (Å²) in [6.07, 6.45) is 6.35. The minimum Gasteiger partial charge on any atom is -0.491 e. The molecular weight excluding hydrogens is 458 g/mol. The smallest absolute Gasteiger partial charge is 0.274 e. The lowest BCUT2D eigenvalue weighted by Crippen LogP contribution is -2.26. The van der Waals surface area contributed by atoms with Crippen LogP contribution in [0.2, 0.25) is 0 Å². The number of likely N-dealkylation sites (N-methyl/N-ethyl adjacent to an activating group) is 1. The normalized spacial score (nSPS) is 11.4. The topological polar surface area (TPSA) is 98.5 Å². The first-order chi connectivity index (χ1) is 17.2. The summed E-state index contributed by atoms with van der Waals surface area (Å²) in [7, 11) is 5.27. The number of nitrogens with one attached hydrogen (secondary N) is 1. The number of para-hydroxylation sites is 1. The van der Waals surface area contributed by atoms with Crippen molar-refractivity contribution < 1.29 is 14.3 Å². The lowest BCUT2D eigenvalue weighted by molar-refractivity contribution is -0.123. The quantitative estimate of drug-likeness (QED) is 0.325.